The van der Waals surface area contributed by atoms with Crippen LogP contribution in [0.1, 0.15) is 28.4 Å². The Morgan fingerprint density at radius 1 is 1.12 bits per heavy atom. The molecule has 0 bridgehead atoms. The van der Waals surface area contributed by atoms with E-state index in [1.807, 2.05) is 6.92 Å². The van der Waals surface area contributed by atoms with Gasteiger partial charge in [0.25, 0.3) is 0 Å². The second kappa shape index (κ2) is 7.14. The van der Waals surface area contributed by atoms with Crippen LogP contribution in [0.25, 0.3) is 10.9 Å². The molecule has 3 aromatic rings. The number of rotatable bonds is 5. The number of aromatic nitrogens is 1. The lowest BCUT2D eigenvalue weighted by atomic mass is 10.1. The zero-order valence-electron chi connectivity index (χ0n) is 13.7. The van der Waals surface area contributed by atoms with Crippen LogP contribution < -0.4 is 0 Å². The van der Waals surface area contributed by atoms with E-state index in [9.17, 15) is 9.18 Å². The van der Waals surface area contributed by atoms with Crippen LogP contribution in [-0.4, -0.2) is 16.5 Å². The summed E-state index contributed by atoms with van der Waals surface area (Å²) in [6, 6.07) is 14.0. The summed E-state index contributed by atoms with van der Waals surface area (Å²) in [5, 5.41) is 2.01. The van der Waals surface area contributed by atoms with E-state index in [0.717, 1.165) is 33.5 Å². The van der Waals surface area contributed by atoms with Crippen LogP contribution in [0.2, 0.25) is 0 Å². The predicted molar refractivity (Wildman–Crippen MR) is 97.3 cm³/mol. The van der Waals surface area contributed by atoms with Crippen molar-refractivity contribution >= 4 is 28.4 Å². The van der Waals surface area contributed by atoms with Crippen molar-refractivity contribution in [2.24, 2.45) is 0 Å². The molecule has 0 aliphatic heterocycles. The maximum atomic E-state index is 13.0. The van der Waals surface area contributed by atoms with Gasteiger partial charge >= 0.3 is 0 Å². The molecule has 0 saturated heterocycles. The second-order valence-corrected chi connectivity index (χ2v) is 6.69. The van der Waals surface area contributed by atoms with Crippen LogP contribution in [-0.2, 0) is 6.42 Å². The molecule has 3 rings (SSSR count). The van der Waals surface area contributed by atoms with Crippen molar-refractivity contribution in [2.75, 3.05) is 5.75 Å². The summed E-state index contributed by atoms with van der Waals surface area (Å²) in [5.41, 5.74) is 3.78. The lowest BCUT2D eigenvalue weighted by Crippen LogP contribution is -2.03. The van der Waals surface area contributed by atoms with Gasteiger partial charge in [0.1, 0.15) is 10.8 Å². The summed E-state index contributed by atoms with van der Waals surface area (Å²) in [4.78, 5) is 17.0. The quantitative estimate of drug-likeness (QED) is 0.471. The highest BCUT2D eigenvalue weighted by atomic mass is 32.2. The van der Waals surface area contributed by atoms with Crippen molar-refractivity contribution < 1.29 is 9.18 Å². The molecule has 1 aromatic heterocycles. The van der Waals surface area contributed by atoms with Crippen molar-refractivity contribution in [1.82, 2.24) is 4.98 Å². The van der Waals surface area contributed by atoms with Crippen molar-refractivity contribution in [3.8, 4) is 0 Å². The highest BCUT2D eigenvalue weighted by molar-refractivity contribution is 8.00. The Morgan fingerprint density at radius 2 is 1.88 bits per heavy atom. The third kappa shape index (κ3) is 3.65. The Bertz CT molecular complexity index is 890. The van der Waals surface area contributed by atoms with Gasteiger partial charge in [0.15, 0.2) is 5.78 Å². The summed E-state index contributed by atoms with van der Waals surface area (Å²) in [5.74, 6) is -0.0598. The Kier molecular flexibility index (Phi) is 4.95. The van der Waals surface area contributed by atoms with Gasteiger partial charge in [0.05, 0.1) is 11.3 Å². The number of nitrogens with zero attached hydrogens (tertiary/aromatic N) is 1. The van der Waals surface area contributed by atoms with E-state index in [1.54, 1.807) is 0 Å². The minimum absolute atomic E-state index is 0.0202. The van der Waals surface area contributed by atoms with Crippen molar-refractivity contribution in [3.63, 3.8) is 0 Å². The van der Waals surface area contributed by atoms with Crippen LogP contribution in [0.5, 0.6) is 0 Å². The maximum Gasteiger partial charge on any atom is 0.173 e. The fraction of sp³-hybridized carbons (Fsp3) is 0.200. The van der Waals surface area contributed by atoms with E-state index >= 15 is 0 Å². The standard InChI is InChI=1S/C20H18FNOS/c1-3-14-11-16-5-4-13(2)10-18(16)22-20(14)24-12-19(23)15-6-8-17(21)9-7-15/h4-11H,3,12H2,1-2H3. The fourth-order valence-electron chi connectivity index (χ4n) is 2.53. The molecule has 0 aliphatic carbocycles. The van der Waals surface area contributed by atoms with Crippen LogP contribution in [0, 0.1) is 12.7 Å². The number of fused-ring (bicyclic) bond motifs is 1. The van der Waals surface area contributed by atoms with Crippen molar-refractivity contribution in [1.29, 1.82) is 0 Å². The predicted octanol–water partition coefficient (Wildman–Crippen LogP) is 5.22. The smallest absolute Gasteiger partial charge is 0.173 e. The van der Waals surface area contributed by atoms with Gasteiger partial charge in [-0.15, -0.1) is 0 Å². The summed E-state index contributed by atoms with van der Waals surface area (Å²) in [6.07, 6.45) is 0.865. The minimum atomic E-state index is -0.334. The molecule has 2 aromatic carbocycles. The number of halogens is 1. The molecule has 0 spiro atoms. The van der Waals surface area contributed by atoms with E-state index < -0.39 is 0 Å². The largest absolute Gasteiger partial charge is 0.293 e. The highest BCUT2D eigenvalue weighted by Gasteiger charge is 2.11. The van der Waals surface area contributed by atoms with Crippen molar-refractivity contribution in [3.05, 3.63) is 71.0 Å². The average Bonchev–Trinajstić information content (AvgIpc) is 2.59. The minimum Gasteiger partial charge on any atom is -0.293 e. The number of carbonyl (C=O) groups excluding carboxylic acids is 1. The first-order valence-electron chi connectivity index (χ1n) is 7.88. The molecule has 24 heavy (non-hydrogen) atoms. The molecule has 0 fully saturated rings. The first-order valence-corrected chi connectivity index (χ1v) is 8.87. The summed E-state index contributed by atoms with van der Waals surface area (Å²) >= 11 is 1.45. The monoisotopic (exact) mass is 339 g/mol. The van der Waals surface area contributed by atoms with Crippen molar-refractivity contribution in [2.45, 2.75) is 25.3 Å². The summed E-state index contributed by atoms with van der Waals surface area (Å²) < 4.78 is 13.0. The fourth-order valence-corrected chi connectivity index (χ4v) is 3.52. The molecule has 0 N–H and O–H groups in total. The Morgan fingerprint density at radius 3 is 2.58 bits per heavy atom. The first kappa shape index (κ1) is 16.7. The van der Waals surface area contributed by atoms with E-state index in [2.05, 4.69) is 31.2 Å². The first-order chi connectivity index (χ1) is 11.6. The van der Waals surface area contributed by atoms with Gasteiger partial charge in [-0.05, 0) is 60.9 Å². The van der Waals surface area contributed by atoms with Gasteiger partial charge in [-0.3, -0.25) is 4.79 Å². The Balaban J connectivity index is 1.83. The van der Waals surface area contributed by atoms with Crippen LogP contribution in [0.15, 0.2) is 53.6 Å². The zero-order chi connectivity index (χ0) is 17.1. The van der Waals surface area contributed by atoms with E-state index in [4.69, 9.17) is 4.98 Å². The van der Waals surface area contributed by atoms with Gasteiger partial charge in [-0.2, -0.15) is 0 Å². The highest BCUT2D eigenvalue weighted by Crippen LogP contribution is 2.26. The van der Waals surface area contributed by atoms with Crippen LogP contribution in [0.4, 0.5) is 4.39 Å². The normalized spacial score (nSPS) is 11.0. The molecule has 0 saturated carbocycles. The molecule has 0 radical (unpaired) electrons. The zero-order valence-corrected chi connectivity index (χ0v) is 14.5. The molecule has 122 valence electrons. The number of Topliss-reactive ketones (excluding diaryl/α,β-unsaturated/α-hetero) is 1. The number of carbonyl (C=O) groups is 1. The number of thioether (sulfide) groups is 1. The maximum absolute atomic E-state index is 13.0. The third-order valence-corrected chi connectivity index (χ3v) is 4.93. The molecule has 1 heterocycles. The molecular formula is C20H18FNOS. The van der Waals surface area contributed by atoms with Gasteiger partial charge in [0.2, 0.25) is 0 Å². The van der Waals surface area contributed by atoms with Gasteiger partial charge in [0, 0.05) is 10.9 Å². The SMILES string of the molecule is CCc1cc2ccc(C)cc2nc1SCC(=O)c1ccc(F)cc1. The van der Waals surface area contributed by atoms with E-state index in [0.29, 0.717) is 11.3 Å². The number of hydrogen-bond acceptors (Lipinski definition) is 3. The van der Waals surface area contributed by atoms with Crippen LogP contribution >= 0.6 is 11.8 Å². The van der Waals surface area contributed by atoms with Gasteiger partial charge in [-0.25, -0.2) is 9.37 Å². The lowest BCUT2D eigenvalue weighted by Gasteiger charge is -2.09. The topological polar surface area (TPSA) is 30.0 Å². The molecule has 2 nitrogen and oxygen atoms in total. The average molecular weight is 339 g/mol. The molecule has 0 atom stereocenters. The van der Waals surface area contributed by atoms with Gasteiger partial charge in [-0.1, -0.05) is 30.8 Å². The summed E-state index contributed by atoms with van der Waals surface area (Å²) in [6.45, 7) is 4.13. The number of aryl methyl sites for hydroxylation is 2. The second-order valence-electron chi connectivity index (χ2n) is 5.72. The molecule has 4 heteroatoms. The number of pyridine rings is 1. The van der Waals surface area contributed by atoms with Gasteiger partial charge < -0.3 is 0 Å². The van der Waals surface area contributed by atoms with Crippen LogP contribution in [0.3, 0.4) is 0 Å². The molecular weight excluding hydrogens is 321 g/mol. The summed E-state index contributed by atoms with van der Waals surface area (Å²) in [7, 11) is 0. The molecule has 0 aliphatic rings. The third-order valence-electron chi connectivity index (χ3n) is 3.90. The van der Waals surface area contributed by atoms with E-state index in [-0.39, 0.29) is 11.6 Å². The number of benzene rings is 2. The Labute approximate surface area is 145 Å². The molecule has 0 unspecified atom stereocenters. The Hall–Kier alpha value is -2.20. The van der Waals surface area contributed by atoms with E-state index in [1.165, 1.54) is 36.0 Å². The molecule has 0 amide bonds. The number of ketones is 1. The number of hydrogen-bond donors (Lipinski definition) is 0. The lowest BCUT2D eigenvalue weighted by molar-refractivity contribution is 0.102.